The highest BCUT2D eigenvalue weighted by Gasteiger charge is 1.94. The minimum absolute atomic E-state index is 0.327. The number of rotatable bonds is 20. The molecule has 0 aliphatic heterocycles. The lowest BCUT2D eigenvalue weighted by Crippen LogP contribution is -1.97. The van der Waals surface area contributed by atoms with Crippen LogP contribution in [0.3, 0.4) is 0 Å². The molecule has 3 heteroatoms. The van der Waals surface area contributed by atoms with Gasteiger partial charge in [-0.3, -0.25) is 4.79 Å². The largest absolute Gasteiger partial charge is 0.481 e. The first-order chi connectivity index (χ1) is 13.2. The first-order valence-electron chi connectivity index (χ1n) is 12.1. The van der Waals surface area contributed by atoms with Crippen LogP contribution in [0.1, 0.15) is 142 Å². The maximum Gasteiger partial charge on any atom is 0.303 e. The van der Waals surface area contributed by atoms with Crippen LogP contribution in [-0.2, 0) is 4.79 Å². The SMILES string of the molecule is CCCCCC(=O)O.CCCCCCCCCCCCCCCCCCN. The van der Waals surface area contributed by atoms with Crippen LogP contribution in [0.15, 0.2) is 0 Å². The molecule has 3 N–H and O–H groups in total. The average Bonchev–Trinajstić information content (AvgIpc) is 2.65. The van der Waals surface area contributed by atoms with Crippen molar-refractivity contribution >= 4 is 5.97 Å². The van der Waals surface area contributed by atoms with Gasteiger partial charge in [-0.05, 0) is 19.4 Å². The van der Waals surface area contributed by atoms with Crippen molar-refractivity contribution in [1.29, 1.82) is 0 Å². The van der Waals surface area contributed by atoms with E-state index in [2.05, 4.69) is 13.8 Å². The van der Waals surface area contributed by atoms with E-state index in [9.17, 15) is 4.79 Å². The van der Waals surface area contributed by atoms with E-state index in [1.54, 1.807) is 0 Å². The van der Waals surface area contributed by atoms with E-state index >= 15 is 0 Å². The zero-order valence-corrected chi connectivity index (χ0v) is 18.8. The molecule has 0 amide bonds. The van der Waals surface area contributed by atoms with Gasteiger partial charge in [0.15, 0.2) is 0 Å². The fourth-order valence-corrected chi connectivity index (χ4v) is 3.22. The van der Waals surface area contributed by atoms with Gasteiger partial charge in [-0.15, -0.1) is 0 Å². The van der Waals surface area contributed by atoms with Crippen LogP contribution in [0.4, 0.5) is 0 Å². The van der Waals surface area contributed by atoms with Crippen molar-refractivity contribution < 1.29 is 9.90 Å². The number of carboxylic acids is 1. The second kappa shape index (κ2) is 27.6. The van der Waals surface area contributed by atoms with Gasteiger partial charge in [0, 0.05) is 6.42 Å². The molecule has 0 aromatic carbocycles. The summed E-state index contributed by atoms with van der Waals surface area (Å²) in [6.45, 7) is 5.22. The number of carbonyl (C=O) groups is 1. The summed E-state index contributed by atoms with van der Waals surface area (Å²) in [6.07, 6.45) is 26.1. The molecule has 0 saturated heterocycles. The summed E-state index contributed by atoms with van der Waals surface area (Å²) in [6, 6.07) is 0. The summed E-state index contributed by atoms with van der Waals surface area (Å²) < 4.78 is 0. The molecule has 0 saturated carbocycles. The van der Waals surface area contributed by atoms with Crippen LogP contribution in [0, 0.1) is 0 Å². The molecular formula is C24H51NO2. The van der Waals surface area contributed by atoms with E-state index in [4.69, 9.17) is 10.8 Å². The Kier molecular flexibility index (Phi) is 29.3. The summed E-state index contributed by atoms with van der Waals surface area (Å²) in [5.41, 5.74) is 5.48. The standard InChI is InChI=1S/C18H39N.C6H12O2/c1-2-3-4-5-6-7-8-9-10-11-12-13-14-15-16-17-18-19;1-2-3-4-5-6(7)8/h2-19H2,1H3;2-5H2,1H3,(H,7,8). The fourth-order valence-electron chi connectivity index (χ4n) is 3.22. The van der Waals surface area contributed by atoms with Crippen molar-refractivity contribution in [2.24, 2.45) is 5.73 Å². The molecule has 0 atom stereocenters. The molecule has 0 aromatic rings. The van der Waals surface area contributed by atoms with Gasteiger partial charge in [0.2, 0.25) is 0 Å². The van der Waals surface area contributed by atoms with Crippen LogP contribution < -0.4 is 5.73 Å². The van der Waals surface area contributed by atoms with Gasteiger partial charge < -0.3 is 10.8 Å². The number of nitrogens with two attached hydrogens (primary N) is 1. The van der Waals surface area contributed by atoms with Gasteiger partial charge in [-0.25, -0.2) is 0 Å². The molecule has 0 bridgehead atoms. The molecule has 0 aliphatic carbocycles. The lowest BCUT2D eigenvalue weighted by molar-refractivity contribution is -0.137. The van der Waals surface area contributed by atoms with E-state index in [1.807, 2.05) is 0 Å². The number of carboxylic acid groups (broad SMARTS) is 1. The normalized spacial score (nSPS) is 10.5. The van der Waals surface area contributed by atoms with Gasteiger partial charge in [0.25, 0.3) is 0 Å². The first kappa shape index (κ1) is 28.6. The Labute approximate surface area is 170 Å². The van der Waals surface area contributed by atoms with Crippen LogP contribution in [0.25, 0.3) is 0 Å². The van der Waals surface area contributed by atoms with Crippen molar-refractivity contribution in [2.45, 2.75) is 142 Å². The topological polar surface area (TPSA) is 63.3 Å². The molecule has 0 heterocycles. The molecule has 27 heavy (non-hydrogen) atoms. The predicted molar refractivity (Wildman–Crippen MR) is 120 cm³/mol. The Morgan fingerprint density at radius 3 is 1.15 bits per heavy atom. The molecule has 3 nitrogen and oxygen atoms in total. The van der Waals surface area contributed by atoms with Gasteiger partial charge in [-0.1, -0.05) is 123 Å². The van der Waals surface area contributed by atoms with Crippen LogP contribution in [-0.4, -0.2) is 17.6 Å². The number of aliphatic carboxylic acids is 1. The number of hydrogen-bond donors (Lipinski definition) is 2. The second-order valence-electron chi connectivity index (χ2n) is 7.94. The molecule has 164 valence electrons. The highest BCUT2D eigenvalue weighted by atomic mass is 16.4. The Balaban J connectivity index is 0. The maximum atomic E-state index is 9.87. The lowest BCUT2D eigenvalue weighted by Gasteiger charge is -2.03. The fraction of sp³-hybridized carbons (Fsp3) is 0.958. The highest BCUT2D eigenvalue weighted by Crippen LogP contribution is 2.13. The summed E-state index contributed by atoms with van der Waals surface area (Å²) in [7, 11) is 0. The maximum absolute atomic E-state index is 9.87. The third-order valence-corrected chi connectivity index (χ3v) is 5.05. The molecule has 0 unspecified atom stereocenters. The van der Waals surface area contributed by atoms with Gasteiger partial charge in [0.05, 0.1) is 0 Å². The Bertz CT molecular complexity index is 253. The monoisotopic (exact) mass is 385 g/mol. The number of hydrogen-bond acceptors (Lipinski definition) is 2. The third-order valence-electron chi connectivity index (χ3n) is 5.05. The Morgan fingerprint density at radius 2 is 0.852 bits per heavy atom. The third kappa shape index (κ3) is 33.4. The van der Waals surface area contributed by atoms with Gasteiger partial charge >= 0.3 is 5.97 Å². The van der Waals surface area contributed by atoms with E-state index in [1.165, 1.54) is 103 Å². The average molecular weight is 386 g/mol. The van der Waals surface area contributed by atoms with E-state index in [0.717, 1.165) is 25.8 Å². The van der Waals surface area contributed by atoms with Crippen LogP contribution in [0.2, 0.25) is 0 Å². The first-order valence-corrected chi connectivity index (χ1v) is 12.1. The summed E-state index contributed by atoms with van der Waals surface area (Å²) in [5.74, 6) is -0.682. The minimum Gasteiger partial charge on any atom is -0.481 e. The molecule has 0 spiro atoms. The van der Waals surface area contributed by atoms with Gasteiger partial charge in [0.1, 0.15) is 0 Å². The summed E-state index contributed by atoms with van der Waals surface area (Å²) >= 11 is 0. The minimum atomic E-state index is -0.682. The molecule has 0 rings (SSSR count). The van der Waals surface area contributed by atoms with Crippen molar-refractivity contribution in [3.8, 4) is 0 Å². The van der Waals surface area contributed by atoms with Crippen molar-refractivity contribution in [3.05, 3.63) is 0 Å². The molecule has 0 radical (unpaired) electrons. The van der Waals surface area contributed by atoms with E-state index < -0.39 is 5.97 Å². The second-order valence-corrected chi connectivity index (χ2v) is 7.94. The van der Waals surface area contributed by atoms with Crippen LogP contribution >= 0.6 is 0 Å². The van der Waals surface area contributed by atoms with Crippen molar-refractivity contribution in [3.63, 3.8) is 0 Å². The zero-order valence-electron chi connectivity index (χ0n) is 18.8. The van der Waals surface area contributed by atoms with E-state index in [-0.39, 0.29) is 0 Å². The smallest absolute Gasteiger partial charge is 0.303 e. The van der Waals surface area contributed by atoms with Crippen LogP contribution in [0.5, 0.6) is 0 Å². The Hall–Kier alpha value is -0.570. The lowest BCUT2D eigenvalue weighted by atomic mass is 10.0. The molecule has 0 fully saturated rings. The number of unbranched alkanes of at least 4 members (excludes halogenated alkanes) is 17. The highest BCUT2D eigenvalue weighted by molar-refractivity contribution is 5.66. The molecular weight excluding hydrogens is 334 g/mol. The Morgan fingerprint density at radius 1 is 0.556 bits per heavy atom. The summed E-state index contributed by atoms with van der Waals surface area (Å²) in [4.78, 5) is 9.87. The molecule has 0 aromatic heterocycles. The summed E-state index contributed by atoms with van der Waals surface area (Å²) in [5, 5.41) is 8.14. The van der Waals surface area contributed by atoms with E-state index in [0.29, 0.717) is 6.42 Å². The van der Waals surface area contributed by atoms with Gasteiger partial charge in [-0.2, -0.15) is 0 Å². The predicted octanol–water partition coefficient (Wildman–Crippen LogP) is 7.86. The zero-order chi connectivity index (χ0) is 20.4. The molecule has 0 aliphatic rings. The van der Waals surface area contributed by atoms with Crippen molar-refractivity contribution in [2.75, 3.05) is 6.54 Å². The van der Waals surface area contributed by atoms with Crippen molar-refractivity contribution in [1.82, 2.24) is 0 Å². The quantitative estimate of drug-likeness (QED) is 0.210.